The van der Waals surface area contributed by atoms with Crippen molar-refractivity contribution in [2.75, 3.05) is 29.0 Å². The van der Waals surface area contributed by atoms with Gasteiger partial charge in [0.15, 0.2) is 11.6 Å². The Morgan fingerprint density at radius 3 is 2.91 bits per heavy atom. The lowest BCUT2D eigenvalue weighted by Crippen LogP contribution is -2.26. The number of nitrogen functional groups attached to an aromatic ring is 1. The summed E-state index contributed by atoms with van der Waals surface area (Å²) in [5, 5.41) is 3.34. The standard InChI is InChI=1S/C18H25N5/c1-13(2)9-10-20-17-16(19)18(22-12-21-17)23-11-5-7-14-6-3-4-8-15(14)23/h3-4,6,8,12-13H,5,7,9-11,19H2,1-2H3,(H,20,21,22). The van der Waals surface area contributed by atoms with E-state index in [4.69, 9.17) is 5.73 Å². The van der Waals surface area contributed by atoms with Gasteiger partial charge in [-0.2, -0.15) is 0 Å². The third-order valence-electron chi connectivity index (χ3n) is 4.24. The Morgan fingerprint density at radius 2 is 2.09 bits per heavy atom. The molecule has 0 saturated carbocycles. The zero-order valence-electron chi connectivity index (χ0n) is 13.9. The van der Waals surface area contributed by atoms with Crippen LogP contribution in [-0.4, -0.2) is 23.1 Å². The Balaban J connectivity index is 1.86. The first-order chi connectivity index (χ1) is 11.2. The molecule has 1 aromatic heterocycles. The number of hydrogen-bond acceptors (Lipinski definition) is 5. The largest absolute Gasteiger partial charge is 0.393 e. The number of rotatable bonds is 5. The number of benzene rings is 1. The minimum Gasteiger partial charge on any atom is -0.393 e. The summed E-state index contributed by atoms with van der Waals surface area (Å²) in [6.45, 7) is 6.22. The van der Waals surface area contributed by atoms with Crippen LogP contribution in [-0.2, 0) is 6.42 Å². The number of aromatic nitrogens is 2. The molecule has 0 atom stereocenters. The van der Waals surface area contributed by atoms with Crippen LogP contribution in [0.5, 0.6) is 0 Å². The quantitative estimate of drug-likeness (QED) is 0.883. The summed E-state index contributed by atoms with van der Waals surface area (Å²) in [6, 6.07) is 8.48. The lowest BCUT2D eigenvalue weighted by Gasteiger charge is -2.31. The molecule has 1 aromatic carbocycles. The SMILES string of the molecule is CC(C)CCNc1ncnc(N2CCCc3ccccc32)c1N. The van der Waals surface area contributed by atoms with E-state index in [0.717, 1.165) is 44.0 Å². The fourth-order valence-electron chi connectivity index (χ4n) is 2.98. The van der Waals surface area contributed by atoms with Gasteiger partial charge in [-0.1, -0.05) is 32.0 Å². The van der Waals surface area contributed by atoms with Gasteiger partial charge in [0.2, 0.25) is 0 Å². The molecule has 2 heterocycles. The molecule has 5 nitrogen and oxygen atoms in total. The molecule has 1 aliphatic heterocycles. The van der Waals surface area contributed by atoms with E-state index in [9.17, 15) is 0 Å². The zero-order chi connectivity index (χ0) is 16.2. The molecular weight excluding hydrogens is 286 g/mol. The van der Waals surface area contributed by atoms with E-state index in [1.54, 1.807) is 6.33 Å². The van der Waals surface area contributed by atoms with Crippen LogP contribution in [0, 0.1) is 5.92 Å². The zero-order valence-corrected chi connectivity index (χ0v) is 13.9. The van der Waals surface area contributed by atoms with Crippen molar-refractivity contribution in [2.24, 2.45) is 5.92 Å². The third-order valence-corrected chi connectivity index (χ3v) is 4.24. The molecule has 2 aromatic rings. The van der Waals surface area contributed by atoms with Gasteiger partial charge in [0.1, 0.15) is 12.0 Å². The fourth-order valence-corrected chi connectivity index (χ4v) is 2.98. The number of hydrogen-bond donors (Lipinski definition) is 2. The molecular formula is C18H25N5. The average Bonchev–Trinajstić information content (AvgIpc) is 2.56. The molecule has 5 heteroatoms. The lowest BCUT2D eigenvalue weighted by molar-refractivity contribution is 0.606. The van der Waals surface area contributed by atoms with Crippen molar-refractivity contribution in [2.45, 2.75) is 33.1 Å². The summed E-state index contributed by atoms with van der Waals surface area (Å²) in [5.41, 5.74) is 9.55. The minimum atomic E-state index is 0.632. The maximum Gasteiger partial charge on any atom is 0.161 e. The van der Waals surface area contributed by atoms with Crippen LogP contribution in [0.1, 0.15) is 32.3 Å². The molecule has 0 saturated heterocycles. The first kappa shape index (κ1) is 15.6. The molecule has 0 unspecified atom stereocenters. The topological polar surface area (TPSA) is 67.1 Å². The van der Waals surface area contributed by atoms with E-state index >= 15 is 0 Å². The smallest absolute Gasteiger partial charge is 0.161 e. The minimum absolute atomic E-state index is 0.632. The second kappa shape index (κ2) is 6.86. The Morgan fingerprint density at radius 1 is 1.26 bits per heavy atom. The average molecular weight is 311 g/mol. The van der Waals surface area contributed by atoms with Crippen molar-refractivity contribution in [3.8, 4) is 0 Å². The van der Waals surface area contributed by atoms with Crippen molar-refractivity contribution < 1.29 is 0 Å². The molecule has 1 aliphatic rings. The summed E-state index contributed by atoms with van der Waals surface area (Å²) in [4.78, 5) is 11.0. The molecule has 0 radical (unpaired) electrons. The fraction of sp³-hybridized carbons (Fsp3) is 0.444. The number of anilines is 4. The van der Waals surface area contributed by atoms with Gasteiger partial charge in [0, 0.05) is 18.8 Å². The highest BCUT2D eigenvalue weighted by molar-refractivity contribution is 5.80. The lowest BCUT2D eigenvalue weighted by atomic mass is 10.0. The maximum atomic E-state index is 6.36. The second-order valence-corrected chi connectivity index (χ2v) is 6.45. The number of para-hydroxylation sites is 1. The number of aryl methyl sites for hydroxylation is 1. The summed E-state index contributed by atoms with van der Waals surface area (Å²) in [7, 11) is 0. The Bertz CT molecular complexity index is 668. The molecule has 3 N–H and O–H groups in total. The van der Waals surface area contributed by atoms with Crippen molar-refractivity contribution in [1.82, 2.24) is 9.97 Å². The molecule has 23 heavy (non-hydrogen) atoms. The summed E-state index contributed by atoms with van der Waals surface area (Å²) < 4.78 is 0. The van der Waals surface area contributed by atoms with E-state index in [1.807, 2.05) is 0 Å². The molecule has 3 rings (SSSR count). The highest BCUT2D eigenvalue weighted by atomic mass is 15.2. The monoisotopic (exact) mass is 311 g/mol. The number of nitrogens with one attached hydrogen (secondary N) is 1. The van der Waals surface area contributed by atoms with Crippen molar-refractivity contribution >= 4 is 23.0 Å². The maximum absolute atomic E-state index is 6.36. The molecule has 0 fully saturated rings. The van der Waals surface area contributed by atoms with Gasteiger partial charge in [-0.15, -0.1) is 0 Å². The van der Waals surface area contributed by atoms with Crippen LogP contribution in [0.3, 0.4) is 0 Å². The van der Waals surface area contributed by atoms with Gasteiger partial charge < -0.3 is 16.0 Å². The van der Waals surface area contributed by atoms with Crippen LogP contribution in [0.4, 0.5) is 23.0 Å². The highest BCUT2D eigenvalue weighted by Crippen LogP contribution is 2.36. The van der Waals surface area contributed by atoms with Gasteiger partial charge >= 0.3 is 0 Å². The van der Waals surface area contributed by atoms with Crippen LogP contribution < -0.4 is 16.0 Å². The van der Waals surface area contributed by atoms with Crippen LogP contribution in [0.25, 0.3) is 0 Å². The number of nitrogens with two attached hydrogens (primary N) is 1. The molecule has 0 spiro atoms. The van der Waals surface area contributed by atoms with Gasteiger partial charge in [-0.25, -0.2) is 9.97 Å². The third kappa shape index (κ3) is 3.38. The Hall–Kier alpha value is -2.30. The van der Waals surface area contributed by atoms with E-state index in [2.05, 4.69) is 58.3 Å². The Kier molecular flexibility index (Phi) is 4.65. The molecule has 0 bridgehead atoms. The van der Waals surface area contributed by atoms with E-state index in [-0.39, 0.29) is 0 Å². The highest BCUT2D eigenvalue weighted by Gasteiger charge is 2.22. The molecule has 0 aliphatic carbocycles. The van der Waals surface area contributed by atoms with Gasteiger partial charge in [0.05, 0.1) is 0 Å². The number of fused-ring (bicyclic) bond motifs is 1. The molecule has 0 amide bonds. The summed E-state index contributed by atoms with van der Waals surface area (Å²) in [6.07, 6.45) is 4.90. The normalized spacial score (nSPS) is 14.0. The number of nitrogens with zero attached hydrogens (tertiary/aromatic N) is 3. The van der Waals surface area contributed by atoms with Crippen LogP contribution in [0.2, 0.25) is 0 Å². The van der Waals surface area contributed by atoms with Crippen LogP contribution in [0.15, 0.2) is 30.6 Å². The van der Waals surface area contributed by atoms with Gasteiger partial charge in [-0.3, -0.25) is 0 Å². The van der Waals surface area contributed by atoms with Crippen molar-refractivity contribution in [3.05, 3.63) is 36.2 Å². The van der Waals surface area contributed by atoms with Crippen LogP contribution >= 0.6 is 0 Å². The first-order valence-electron chi connectivity index (χ1n) is 8.36. The first-order valence-corrected chi connectivity index (χ1v) is 8.36. The van der Waals surface area contributed by atoms with E-state index < -0.39 is 0 Å². The predicted molar refractivity (Wildman–Crippen MR) is 96.2 cm³/mol. The summed E-state index contributed by atoms with van der Waals surface area (Å²) in [5.74, 6) is 2.19. The van der Waals surface area contributed by atoms with Crippen molar-refractivity contribution in [3.63, 3.8) is 0 Å². The molecule has 122 valence electrons. The Labute approximate surface area is 137 Å². The van der Waals surface area contributed by atoms with E-state index in [0.29, 0.717) is 11.6 Å². The second-order valence-electron chi connectivity index (χ2n) is 6.45. The summed E-state index contributed by atoms with van der Waals surface area (Å²) >= 11 is 0. The van der Waals surface area contributed by atoms with E-state index in [1.165, 1.54) is 11.3 Å². The van der Waals surface area contributed by atoms with Gasteiger partial charge in [0.25, 0.3) is 0 Å². The van der Waals surface area contributed by atoms with Gasteiger partial charge in [-0.05, 0) is 36.8 Å². The predicted octanol–water partition coefficient (Wildman–Crippen LogP) is 3.60. The van der Waals surface area contributed by atoms with Crippen molar-refractivity contribution in [1.29, 1.82) is 0 Å².